The van der Waals surface area contributed by atoms with Crippen molar-refractivity contribution in [2.24, 2.45) is 0 Å². The van der Waals surface area contributed by atoms with E-state index in [1.807, 2.05) is 25.1 Å². The van der Waals surface area contributed by atoms with Crippen LogP contribution in [0.15, 0.2) is 42.5 Å². The molecule has 4 aromatic rings. The summed E-state index contributed by atoms with van der Waals surface area (Å²) in [5.41, 5.74) is 9.23. The number of H-pyrrole nitrogens is 1. The van der Waals surface area contributed by atoms with Crippen LogP contribution < -0.4 is 20.5 Å². The zero-order valence-corrected chi connectivity index (χ0v) is 25.6. The van der Waals surface area contributed by atoms with Crippen LogP contribution in [0.25, 0.3) is 22.4 Å². The van der Waals surface area contributed by atoms with Crippen molar-refractivity contribution in [3.63, 3.8) is 0 Å². The molecule has 1 unspecified atom stereocenters. The number of aromatic amines is 1. The van der Waals surface area contributed by atoms with Crippen LogP contribution >= 0.6 is 0 Å². The highest BCUT2D eigenvalue weighted by molar-refractivity contribution is 6.19. The number of fused-ring (bicyclic) bond motifs is 3. The molecule has 1 aromatic heterocycles. The van der Waals surface area contributed by atoms with Crippen LogP contribution in [0.5, 0.6) is 11.5 Å². The van der Waals surface area contributed by atoms with Crippen molar-refractivity contribution in [2.75, 3.05) is 33.0 Å². The van der Waals surface area contributed by atoms with E-state index in [0.717, 1.165) is 5.56 Å². The van der Waals surface area contributed by atoms with Crippen molar-refractivity contribution in [3.8, 4) is 22.9 Å². The lowest BCUT2D eigenvalue weighted by molar-refractivity contribution is -0.385. The van der Waals surface area contributed by atoms with E-state index in [1.54, 1.807) is 53.2 Å². The Labute approximate surface area is 254 Å². The summed E-state index contributed by atoms with van der Waals surface area (Å²) in [6, 6.07) is 12.2. The van der Waals surface area contributed by atoms with E-state index in [-0.39, 0.29) is 24.2 Å². The average Bonchev–Trinajstić information content (AvgIpc) is 3.45. The highest BCUT2D eigenvalue weighted by Gasteiger charge is 2.46. The number of nitro benzene ring substituents is 1. The van der Waals surface area contributed by atoms with Crippen molar-refractivity contribution in [2.45, 2.75) is 45.6 Å². The summed E-state index contributed by atoms with van der Waals surface area (Å²) >= 11 is 0. The first kappa shape index (κ1) is 30.5. The van der Waals surface area contributed by atoms with Gasteiger partial charge in [0.25, 0.3) is 11.6 Å². The number of methoxy groups -OCH3 is 2. The molecule has 0 aliphatic carbocycles. The number of nitrogens with two attached hydrogens (primary N) is 1. The fraction of sp³-hybridized carbons (Fsp3) is 0.344. The van der Waals surface area contributed by atoms with Gasteiger partial charge in [-0.3, -0.25) is 24.6 Å². The monoisotopic (exact) mass is 600 g/mol. The lowest BCUT2D eigenvalue weighted by Crippen LogP contribution is -2.52. The summed E-state index contributed by atoms with van der Waals surface area (Å²) in [6.45, 7) is 8.00. The van der Waals surface area contributed by atoms with Gasteiger partial charge in [-0.15, -0.1) is 0 Å². The molecule has 1 aliphatic heterocycles. The van der Waals surface area contributed by atoms with Gasteiger partial charge >= 0.3 is 0 Å². The maximum atomic E-state index is 13.9. The van der Waals surface area contributed by atoms with Crippen molar-refractivity contribution in [1.29, 1.82) is 0 Å². The molecule has 1 aliphatic rings. The molecule has 44 heavy (non-hydrogen) atoms. The summed E-state index contributed by atoms with van der Waals surface area (Å²) in [6.07, 6.45) is 0.528. The molecular weight excluding hydrogens is 564 g/mol. The van der Waals surface area contributed by atoms with Crippen LogP contribution in [0.4, 0.5) is 11.4 Å². The molecule has 0 saturated heterocycles. The first-order chi connectivity index (χ1) is 20.9. The second-order valence-electron chi connectivity index (χ2n) is 11.5. The van der Waals surface area contributed by atoms with E-state index in [1.165, 1.54) is 11.0 Å². The number of rotatable bonds is 10. The molecule has 0 fully saturated rings. The molecule has 0 spiro atoms. The number of carbonyl (C=O) groups excluding carboxylic acids is 2. The second kappa shape index (κ2) is 11.6. The van der Waals surface area contributed by atoms with Crippen molar-refractivity contribution in [1.82, 2.24) is 20.2 Å². The molecule has 12 heteroatoms. The van der Waals surface area contributed by atoms with E-state index in [2.05, 4.69) is 15.3 Å². The minimum absolute atomic E-state index is 0.0108. The number of aromatic nitrogens is 2. The third kappa shape index (κ3) is 5.21. The molecule has 0 radical (unpaired) electrons. The Morgan fingerprint density at radius 2 is 1.84 bits per heavy atom. The summed E-state index contributed by atoms with van der Waals surface area (Å²) in [5.74, 6) is 0.876. The number of hydrogen-bond acceptors (Lipinski definition) is 9. The lowest BCUT2D eigenvalue weighted by atomic mass is 9.76. The Hall–Kier alpha value is -4.97. The smallest absolute Gasteiger partial charge is 0.273 e. The fourth-order valence-electron chi connectivity index (χ4n) is 5.68. The quantitative estimate of drug-likeness (QED) is 0.0742. The Morgan fingerprint density at radius 1 is 1.11 bits per heavy atom. The number of imide groups is 1. The summed E-state index contributed by atoms with van der Waals surface area (Å²) in [7, 11) is 3.18. The molecule has 2 heterocycles. The number of nitrogen functional groups attached to an aromatic ring is 1. The maximum Gasteiger partial charge on any atom is 0.273 e. The van der Waals surface area contributed by atoms with Crippen molar-refractivity contribution >= 4 is 34.2 Å². The number of aryl methyl sites for hydroxylation is 1. The summed E-state index contributed by atoms with van der Waals surface area (Å²) in [5, 5.41) is 15.0. The largest absolute Gasteiger partial charge is 0.493 e. The van der Waals surface area contributed by atoms with Gasteiger partial charge < -0.3 is 25.5 Å². The van der Waals surface area contributed by atoms with E-state index in [9.17, 15) is 19.7 Å². The van der Waals surface area contributed by atoms with Crippen LogP contribution in [-0.4, -0.2) is 58.9 Å². The molecule has 0 bridgehead atoms. The van der Waals surface area contributed by atoms with Crippen LogP contribution in [0.3, 0.4) is 0 Å². The van der Waals surface area contributed by atoms with Crippen LogP contribution in [0.1, 0.15) is 60.3 Å². The van der Waals surface area contributed by atoms with Crippen LogP contribution in [0, 0.1) is 17.0 Å². The van der Waals surface area contributed by atoms with Gasteiger partial charge in [0.1, 0.15) is 11.3 Å². The fourth-order valence-corrected chi connectivity index (χ4v) is 5.68. The summed E-state index contributed by atoms with van der Waals surface area (Å²) < 4.78 is 10.7. The van der Waals surface area contributed by atoms with Gasteiger partial charge in [0.2, 0.25) is 5.91 Å². The third-order valence-corrected chi connectivity index (χ3v) is 8.30. The molecule has 2 amide bonds. The van der Waals surface area contributed by atoms with Gasteiger partial charge in [0, 0.05) is 29.8 Å². The Morgan fingerprint density at radius 3 is 2.52 bits per heavy atom. The topological polar surface area (TPSA) is 166 Å². The Balaban J connectivity index is 1.40. The molecule has 12 nitrogen and oxygen atoms in total. The van der Waals surface area contributed by atoms with E-state index in [0.29, 0.717) is 69.3 Å². The number of nitrogens with one attached hydrogen (secondary N) is 2. The predicted molar refractivity (Wildman–Crippen MR) is 167 cm³/mol. The average molecular weight is 601 g/mol. The zero-order chi connectivity index (χ0) is 31.9. The first-order valence-electron chi connectivity index (χ1n) is 14.3. The number of nitro groups is 1. The molecule has 0 saturated carbocycles. The normalized spacial score (nSPS) is 14.9. The number of nitrogens with zero attached hydrogens (tertiary/aromatic N) is 3. The summed E-state index contributed by atoms with van der Waals surface area (Å²) in [4.78, 5) is 47.7. The maximum absolute atomic E-state index is 13.9. The van der Waals surface area contributed by atoms with Gasteiger partial charge in [-0.1, -0.05) is 18.2 Å². The molecule has 4 N–H and O–H groups in total. The standard InChI is InChI=1S/C32H36N6O6/c1-17-8-9-20(14-23(17)38(41)42)29-35-27-22(33)16-21-26(28(27)36-29)30(39)37(31(40)32(21,3)4)13-7-12-34-18(2)19-10-11-24(43-5)25(15-19)44-6/h8-11,14-16,18,34H,7,12-13,33H2,1-6H3,(H,35,36). The number of amides is 2. The first-order valence-corrected chi connectivity index (χ1v) is 14.3. The molecular formula is C32H36N6O6. The van der Waals surface area contributed by atoms with E-state index in [4.69, 9.17) is 15.2 Å². The number of carbonyl (C=O) groups is 2. The molecule has 1 atom stereocenters. The highest BCUT2D eigenvalue weighted by atomic mass is 16.6. The number of hydrogen-bond donors (Lipinski definition) is 3. The van der Waals surface area contributed by atoms with Gasteiger partial charge in [-0.2, -0.15) is 0 Å². The molecule has 230 valence electrons. The zero-order valence-electron chi connectivity index (χ0n) is 25.6. The van der Waals surface area contributed by atoms with Gasteiger partial charge in [-0.05, 0) is 70.0 Å². The van der Waals surface area contributed by atoms with Crippen LogP contribution in [-0.2, 0) is 10.2 Å². The Kier molecular flexibility index (Phi) is 8.04. The van der Waals surface area contributed by atoms with Gasteiger partial charge in [-0.25, -0.2) is 4.98 Å². The predicted octanol–water partition coefficient (Wildman–Crippen LogP) is 5.05. The van der Waals surface area contributed by atoms with Crippen molar-refractivity contribution < 1.29 is 24.0 Å². The minimum atomic E-state index is -1.03. The van der Waals surface area contributed by atoms with Crippen LogP contribution in [0.2, 0.25) is 0 Å². The Bertz CT molecular complexity index is 1800. The lowest BCUT2D eigenvalue weighted by Gasteiger charge is -2.37. The third-order valence-electron chi connectivity index (χ3n) is 8.30. The SMILES string of the molecule is COc1ccc(C(C)NCCCN2C(=O)c3c(cc(N)c4nc(-c5ccc(C)c([N+](=O)[O-])c5)[nH]c34)C(C)(C)C2=O)cc1OC. The number of anilines is 1. The van der Waals surface area contributed by atoms with Gasteiger partial charge in [0.15, 0.2) is 11.5 Å². The number of benzene rings is 3. The van der Waals surface area contributed by atoms with E-state index < -0.39 is 16.2 Å². The van der Waals surface area contributed by atoms with Crippen molar-refractivity contribution in [3.05, 3.63) is 74.8 Å². The van der Waals surface area contributed by atoms with Gasteiger partial charge in [0.05, 0.1) is 41.3 Å². The van der Waals surface area contributed by atoms with E-state index >= 15 is 0 Å². The molecule has 5 rings (SSSR count). The molecule has 3 aromatic carbocycles. The minimum Gasteiger partial charge on any atom is -0.493 e. The second-order valence-corrected chi connectivity index (χ2v) is 11.5. The number of imidazole rings is 1. The number of ether oxygens (including phenoxy) is 2. The highest BCUT2D eigenvalue weighted by Crippen LogP contribution is 2.41.